The minimum atomic E-state index is 0.117. The minimum Gasteiger partial charge on any atom is -0.336 e. The van der Waals surface area contributed by atoms with Crippen LogP contribution in [0.25, 0.3) is 0 Å². The molecule has 0 saturated carbocycles. The third kappa shape index (κ3) is 2.64. The monoisotopic (exact) mass is 233 g/mol. The first-order valence-corrected chi connectivity index (χ1v) is 6.14. The number of pyridine rings is 1. The van der Waals surface area contributed by atoms with Gasteiger partial charge in [-0.15, -0.1) is 0 Å². The lowest BCUT2D eigenvalue weighted by Crippen LogP contribution is -2.48. The van der Waals surface area contributed by atoms with E-state index in [0.717, 1.165) is 43.9 Å². The Bertz CT molecular complexity index is 397. The van der Waals surface area contributed by atoms with Crippen molar-refractivity contribution in [2.45, 2.75) is 13.8 Å². The van der Waals surface area contributed by atoms with E-state index in [1.54, 1.807) is 12.4 Å². The van der Waals surface area contributed by atoms with E-state index >= 15 is 0 Å². The Hall–Kier alpha value is -1.42. The molecule has 17 heavy (non-hydrogen) atoms. The van der Waals surface area contributed by atoms with Gasteiger partial charge in [-0.05, 0) is 25.1 Å². The summed E-state index contributed by atoms with van der Waals surface area (Å²) < 4.78 is 0. The molecule has 2 rings (SSSR count). The van der Waals surface area contributed by atoms with Gasteiger partial charge in [0.05, 0.1) is 5.56 Å². The molecule has 1 aromatic heterocycles. The normalized spacial score (nSPS) is 17.2. The molecule has 2 heterocycles. The number of hydrogen-bond acceptors (Lipinski definition) is 3. The number of carbonyl (C=O) groups excluding carboxylic acids is 1. The Labute approximate surface area is 102 Å². The molecule has 4 nitrogen and oxygen atoms in total. The Morgan fingerprint density at radius 3 is 2.65 bits per heavy atom. The van der Waals surface area contributed by atoms with Crippen LogP contribution < -0.4 is 0 Å². The van der Waals surface area contributed by atoms with Crippen LogP contribution in [-0.2, 0) is 0 Å². The van der Waals surface area contributed by atoms with Gasteiger partial charge in [0, 0.05) is 38.6 Å². The first-order valence-electron chi connectivity index (χ1n) is 6.14. The molecule has 0 aliphatic carbocycles. The Balaban J connectivity index is 2.04. The molecule has 1 amide bonds. The van der Waals surface area contributed by atoms with Crippen molar-refractivity contribution < 1.29 is 4.79 Å². The number of hydrogen-bond donors (Lipinski definition) is 0. The molecule has 0 aromatic carbocycles. The van der Waals surface area contributed by atoms with E-state index in [0.29, 0.717) is 0 Å². The van der Waals surface area contributed by atoms with E-state index in [9.17, 15) is 4.79 Å². The van der Waals surface area contributed by atoms with Crippen LogP contribution in [0.15, 0.2) is 18.5 Å². The molecule has 4 heteroatoms. The van der Waals surface area contributed by atoms with Crippen molar-refractivity contribution >= 4 is 5.91 Å². The van der Waals surface area contributed by atoms with Gasteiger partial charge >= 0.3 is 0 Å². The van der Waals surface area contributed by atoms with E-state index < -0.39 is 0 Å². The van der Waals surface area contributed by atoms with Crippen LogP contribution in [0.2, 0.25) is 0 Å². The molecule has 0 N–H and O–H groups in total. The molecule has 0 spiro atoms. The second-order valence-corrected chi connectivity index (χ2v) is 4.42. The molecular formula is C13H19N3O. The molecule has 0 bridgehead atoms. The van der Waals surface area contributed by atoms with Crippen LogP contribution in [0.4, 0.5) is 0 Å². The lowest BCUT2D eigenvalue weighted by atomic mass is 10.1. The maximum Gasteiger partial charge on any atom is 0.255 e. The van der Waals surface area contributed by atoms with Gasteiger partial charge in [-0.25, -0.2) is 0 Å². The topological polar surface area (TPSA) is 36.4 Å². The molecule has 92 valence electrons. The van der Waals surface area contributed by atoms with Crippen molar-refractivity contribution in [2.24, 2.45) is 0 Å². The van der Waals surface area contributed by atoms with Crippen molar-refractivity contribution in [1.29, 1.82) is 0 Å². The highest BCUT2D eigenvalue weighted by molar-refractivity contribution is 5.95. The first-order chi connectivity index (χ1) is 8.22. The third-order valence-corrected chi connectivity index (χ3v) is 3.38. The fourth-order valence-corrected chi connectivity index (χ4v) is 2.13. The third-order valence-electron chi connectivity index (χ3n) is 3.38. The molecule has 0 atom stereocenters. The number of aromatic nitrogens is 1. The molecule has 1 fully saturated rings. The summed E-state index contributed by atoms with van der Waals surface area (Å²) in [6, 6.07) is 1.88. The second-order valence-electron chi connectivity index (χ2n) is 4.42. The van der Waals surface area contributed by atoms with Gasteiger partial charge in [-0.1, -0.05) is 6.92 Å². The zero-order valence-electron chi connectivity index (χ0n) is 10.5. The smallest absolute Gasteiger partial charge is 0.255 e. The van der Waals surface area contributed by atoms with Gasteiger partial charge in [0.1, 0.15) is 0 Å². The number of carbonyl (C=O) groups is 1. The van der Waals surface area contributed by atoms with Gasteiger partial charge in [-0.3, -0.25) is 9.78 Å². The van der Waals surface area contributed by atoms with E-state index in [1.807, 2.05) is 17.9 Å². The Morgan fingerprint density at radius 2 is 2.06 bits per heavy atom. The highest BCUT2D eigenvalue weighted by Crippen LogP contribution is 2.11. The first kappa shape index (κ1) is 12.0. The van der Waals surface area contributed by atoms with Crippen LogP contribution in [-0.4, -0.2) is 53.4 Å². The van der Waals surface area contributed by atoms with Crippen molar-refractivity contribution in [2.75, 3.05) is 32.7 Å². The summed E-state index contributed by atoms with van der Waals surface area (Å²) in [5.41, 5.74) is 1.74. The highest BCUT2D eigenvalue weighted by atomic mass is 16.2. The quantitative estimate of drug-likeness (QED) is 0.769. The predicted molar refractivity (Wildman–Crippen MR) is 67.0 cm³/mol. The van der Waals surface area contributed by atoms with Crippen molar-refractivity contribution in [3.8, 4) is 0 Å². The number of nitrogens with zero attached hydrogens (tertiary/aromatic N) is 3. The summed E-state index contributed by atoms with van der Waals surface area (Å²) >= 11 is 0. The standard InChI is InChI=1S/C13H19N3O/c1-3-15-6-8-16(9-7-15)13(17)12-10-14-5-4-11(12)2/h4-5,10H,3,6-9H2,1-2H3. The van der Waals surface area contributed by atoms with Gasteiger partial charge in [-0.2, -0.15) is 0 Å². The van der Waals surface area contributed by atoms with Gasteiger partial charge in [0.15, 0.2) is 0 Å². The van der Waals surface area contributed by atoms with E-state index in [-0.39, 0.29) is 5.91 Å². The molecule has 1 aromatic rings. The SMILES string of the molecule is CCN1CCN(C(=O)c2cnccc2C)CC1. The molecule has 0 radical (unpaired) electrons. The van der Waals surface area contributed by atoms with Crippen LogP contribution in [0.3, 0.4) is 0 Å². The fraction of sp³-hybridized carbons (Fsp3) is 0.538. The average Bonchev–Trinajstić information content (AvgIpc) is 2.39. The van der Waals surface area contributed by atoms with Crippen molar-refractivity contribution in [3.63, 3.8) is 0 Å². The molecule has 1 aliphatic rings. The predicted octanol–water partition coefficient (Wildman–Crippen LogP) is 1.17. The zero-order valence-corrected chi connectivity index (χ0v) is 10.5. The number of aryl methyl sites for hydroxylation is 1. The van der Waals surface area contributed by atoms with Crippen LogP contribution in [0.1, 0.15) is 22.8 Å². The summed E-state index contributed by atoms with van der Waals surface area (Å²) in [4.78, 5) is 20.6. The van der Waals surface area contributed by atoms with Crippen molar-refractivity contribution in [1.82, 2.24) is 14.8 Å². The Morgan fingerprint density at radius 1 is 1.35 bits per heavy atom. The maximum atomic E-state index is 12.3. The van der Waals surface area contributed by atoms with Gasteiger partial charge in [0.2, 0.25) is 0 Å². The maximum absolute atomic E-state index is 12.3. The lowest BCUT2D eigenvalue weighted by molar-refractivity contribution is 0.0642. The van der Waals surface area contributed by atoms with Gasteiger partial charge < -0.3 is 9.80 Å². The summed E-state index contributed by atoms with van der Waals surface area (Å²) in [6.45, 7) is 8.76. The molecule has 1 aliphatic heterocycles. The van der Waals surface area contributed by atoms with Crippen LogP contribution in [0.5, 0.6) is 0 Å². The minimum absolute atomic E-state index is 0.117. The van der Waals surface area contributed by atoms with Crippen LogP contribution in [0, 0.1) is 6.92 Å². The lowest BCUT2D eigenvalue weighted by Gasteiger charge is -2.34. The van der Waals surface area contributed by atoms with E-state index in [2.05, 4.69) is 16.8 Å². The summed E-state index contributed by atoms with van der Waals surface area (Å²) in [7, 11) is 0. The number of piperazine rings is 1. The van der Waals surface area contributed by atoms with E-state index in [1.165, 1.54) is 0 Å². The molecule has 0 unspecified atom stereocenters. The summed E-state index contributed by atoms with van der Waals surface area (Å²) in [5, 5.41) is 0. The Kier molecular flexibility index (Phi) is 3.74. The number of rotatable bonds is 2. The number of likely N-dealkylation sites (N-methyl/N-ethyl adjacent to an activating group) is 1. The fourth-order valence-electron chi connectivity index (χ4n) is 2.13. The molecular weight excluding hydrogens is 214 g/mol. The molecule has 1 saturated heterocycles. The van der Waals surface area contributed by atoms with E-state index in [4.69, 9.17) is 0 Å². The second kappa shape index (κ2) is 5.27. The number of amides is 1. The van der Waals surface area contributed by atoms with Gasteiger partial charge in [0.25, 0.3) is 5.91 Å². The largest absolute Gasteiger partial charge is 0.336 e. The van der Waals surface area contributed by atoms with Crippen LogP contribution >= 0.6 is 0 Å². The summed E-state index contributed by atoms with van der Waals surface area (Å²) in [6.07, 6.45) is 3.39. The average molecular weight is 233 g/mol. The highest BCUT2D eigenvalue weighted by Gasteiger charge is 2.22. The zero-order chi connectivity index (χ0) is 12.3. The summed E-state index contributed by atoms with van der Waals surface area (Å²) in [5.74, 6) is 0.117. The van der Waals surface area contributed by atoms with Crippen molar-refractivity contribution in [3.05, 3.63) is 29.6 Å².